The summed E-state index contributed by atoms with van der Waals surface area (Å²) < 4.78 is 73.7. The summed E-state index contributed by atoms with van der Waals surface area (Å²) >= 11 is 11.8. The molecule has 9 nitrogen and oxygen atoms in total. The zero-order valence-electron chi connectivity index (χ0n) is 22.1. The fourth-order valence-corrected chi connectivity index (χ4v) is 4.58. The van der Waals surface area contributed by atoms with Gasteiger partial charge in [0.2, 0.25) is 5.60 Å². The Labute approximate surface area is 247 Å². The number of alkyl halides is 3. The van der Waals surface area contributed by atoms with E-state index in [4.69, 9.17) is 42.7 Å². The van der Waals surface area contributed by atoms with Crippen molar-refractivity contribution in [3.63, 3.8) is 0 Å². The van der Waals surface area contributed by atoms with Gasteiger partial charge in [-0.25, -0.2) is 14.2 Å². The van der Waals surface area contributed by atoms with Crippen molar-refractivity contribution in [3.05, 3.63) is 70.1 Å². The van der Waals surface area contributed by atoms with Crippen LogP contribution in [0.3, 0.4) is 0 Å². The number of benzene rings is 2. The lowest BCUT2D eigenvalue weighted by Crippen LogP contribution is -2.51. The topological polar surface area (TPSA) is 122 Å². The van der Waals surface area contributed by atoms with Crippen molar-refractivity contribution in [3.8, 4) is 28.5 Å². The van der Waals surface area contributed by atoms with E-state index in [9.17, 15) is 27.5 Å². The first-order chi connectivity index (χ1) is 19.8. The molecule has 4 N–H and O–H groups in total. The number of amides is 1. The summed E-state index contributed by atoms with van der Waals surface area (Å²) in [5, 5.41) is 21.9. The van der Waals surface area contributed by atoms with Gasteiger partial charge >= 0.3 is 6.18 Å². The van der Waals surface area contributed by atoms with E-state index in [0.29, 0.717) is 0 Å². The third-order valence-corrected chi connectivity index (χ3v) is 7.35. The van der Waals surface area contributed by atoms with Crippen LogP contribution in [0.2, 0.25) is 5.02 Å². The summed E-state index contributed by atoms with van der Waals surface area (Å²) in [5.74, 6) is -1.38. The van der Waals surface area contributed by atoms with E-state index < -0.39 is 41.3 Å². The number of hydrogen-bond acceptors (Lipinski definition) is 8. The summed E-state index contributed by atoms with van der Waals surface area (Å²) in [7, 11) is 1.30. The van der Waals surface area contributed by atoms with Crippen LogP contribution in [0.1, 0.15) is 28.5 Å². The van der Waals surface area contributed by atoms with E-state index in [1.807, 2.05) is 0 Å². The number of carbonyl (C=O) groups excluding carboxylic acids is 1. The molecule has 1 aliphatic rings. The van der Waals surface area contributed by atoms with Crippen LogP contribution >= 0.6 is 23.4 Å². The zero-order valence-corrected chi connectivity index (χ0v) is 23.6. The molecule has 4 rings (SSSR count). The van der Waals surface area contributed by atoms with Gasteiger partial charge < -0.3 is 29.7 Å². The van der Waals surface area contributed by atoms with Crippen LogP contribution in [-0.2, 0) is 11.1 Å². The summed E-state index contributed by atoms with van der Waals surface area (Å²) in [6.07, 6.45) is -5.33. The molecule has 2 unspecified atom stereocenters. The highest BCUT2D eigenvalue weighted by Gasteiger charge is 2.57. The minimum absolute atomic E-state index is 0.0518. The minimum Gasteiger partial charge on any atom is -0.493 e. The van der Waals surface area contributed by atoms with Gasteiger partial charge in [0.15, 0.2) is 17.2 Å². The minimum atomic E-state index is -5.33. The van der Waals surface area contributed by atoms with Crippen LogP contribution in [-0.4, -0.2) is 60.8 Å². The van der Waals surface area contributed by atoms with Gasteiger partial charge in [0.05, 0.1) is 36.5 Å². The average molecular weight is 634 g/mol. The van der Waals surface area contributed by atoms with Gasteiger partial charge in [0, 0.05) is 16.7 Å². The number of halogens is 6. The first-order valence-corrected chi connectivity index (χ1v) is 13.0. The third kappa shape index (κ3) is 5.92. The summed E-state index contributed by atoms with van der Waals surface area (Å²) in [6, 6.07) is 8.26. The van der Waals surface area contributed by atoms with Gasteiger partial charge in [-0.1, -0.05) is 11.6 Å². The van der Waals surface area contributed by atoms with Crippen molar-refractivity contribution in [2.45, 2.75) is 24.2 Å². The fraction of sp³-hybridized carbons (Fsp3) is 0.333. The molecule has 0 bridgehead atoms. The lowest BCUT2D eigenvalue weighted by molar-refractivity contribution is -0.265. The summed E-state index contributed by atoms with van der Waals surface area (Å²) in [6.45, 7) is -0.196. The molecule has 3 aromatic rings. The quantitative estimate of drug-likeness (QED) is 0.191. The standard InChI is InChI=1S/C27H25Cl2F4N3O6/c1-25(36-29)13-42-23-16(25)11-21(35-22(23)14-3-5-18(30)17(28)9-14)26(39,27(31,32)33)12-34-24(38)15-4-6-19(41-8-7-37)20(10-15)40-2/h3-6,9-11,36-37,39H,7-8,12-13H2,1-2H3,(H,34,38). The van der Waals surface area contributed by atoms with Crippen LogP contribution in [0.4, 0.5) is 17.6 Å². The number of nitrogens with one attached hydrogen (secondary N) is 2. The number of aromatic nitrogens is 1. The van der Waals surface area contributed by atoms with E-state index in [2.05, 4.69) is 15.1 Å². The maximum Gasteiger partial charge on any atom is 0.424 e. The second kappa shape index (κ2) is 12.1. The Bertz CT molecular complexity index is 1490. The molecule has 15 heteroatoms. The van der Waals surface area contributed by atoms with Gasteiger partial charge in [-0.2, -0.15) is 13.2 Å². The average Bonchev–Trinajstić information content (AvgIpc) is 3.31. The van der Waals surface area contributed by atoms with Gasteiger partial charge in [0.1, 0.15) is 24.7 Å². The van der Waals surface area contributed by atoms with Crippen molar-refractivity contribution >= 4 is 29.3 Å². The molecular weight excluding hydrogens is 609 g/mol. The second-order valence-electron chi connectivity index (χ2n) is 9.56. The number of pyridine rings is 1. The molecule has 0 radical (unpaired) electrons. The zero-order chi connectivity index (χ0) is 30.9. The molecule has 2 heterocycles. The number of nitrogens with zero attached hydrogens (tertiary/aromatic N) is 1. The SMILES string of the molecule is COc1cc(C(=O)NCC(O)(c2cc3c(c(-c4ccc(F)c(Cl)c4)n2)OCC3(C)NCl)C(F)(F)F)ccc1OCCO. The molecule has 1 aliphatic heterocycles. The first kappa shape index (κ1) is 31.6. The van der Waals surface area contributed by atoms with Crippen LogP contribution in [0.5, 0.6) is 17.2 Å². The van der Waals surface area contributed by atoms with Crippen molar-refractivity contribution in [2.24, 2.45) is 0 Å². The van der Waals surface area contributed by atoms with Crippen molar-refractivity contribution in [1.29, 1.82) is 0 Å². The Balaban J connectivity index is 1.75. The van der Waals surface area contributed by atoms with Gasteiger partial charge in [0.25, 0.3) is 5.91 Å². The molecule has 1 amide bonds. The maximum absolute atomic E-state index is 14.6. The van der Waals surface area contributed by atoms with Crippen molar-refractivity contribution in [1.82, 2.24) is 15.1 Å². The van der Waals surface area contributed by atoms with E-state index in [0.717, 1.165) is 18.2 Å². The number of fused-ring (bicyclic) bond motifs is 1. The fourth-order valence-electron chi connectivity index (χ4n) is 4.24. The molecule has 0 saturated heterocycles. The highest BCUT2D eigenvalue weighted by molar-refractivity contribution is 6.31. The van der Waals surface area contributed by atoms with Crippen molar-refractivity contribution in [2.75, 3.05) is 33.5 Å². The Morgan fingerprint density at radius 3 is 2.55 bits per heavy atom. The number of aliphatic hydroxyl groups excluding tert-OH is 1. The molecule has 1 aromatic heterocycles. The van der Waals surface area contributed by atoms with Crippen LogP contribution in [0, 0.1) is 5.82 Å². The lowest BCUT2D eigenvalue weighted by Gasteiger charge is -2.31. The molecule has 2 aromatic carbocycles. The molecule has 0 spiro atoms. The van der Waals surface area contributed by atoms with E-state index in [-0.39, 0.29) is 64.5 Å². The molecule has 2 atom stereocenters. The van der Waals surface area contributed by atoms with Gasteiger partial charge in [-0.05, 0) is 61.2 Å². The van der Waals surface area contributed by atoms with Gasteiger partial charge in [-0.15, -0.1) is 0 Å². The van der Waals surface area contributed by atoms with Crippen molar-refractivity contribution < 1.29 is 46.8 Å². The van der Waals surface area contributed by atoms with Crippen LogP contribution in [0.15, 0.2) is 42.5 Å². The molecule has 226 valence electrons. The predicted molar refractivity (Wildman–Crippen MR) is 144 cm³/mol. The predicted octanol–water partition coefficient (Wildman–Crippen LogP) is 4.45. The number of methoxy groups -OCH3 is 1. The Hall–Kier alpha value is -3.36. The van der Waals surface area contributed by atoms with E-state index in [1.54, 1.807) is 6.92 Å². The first-order valence-electron chi connectivity index (χ1n) is 12.3. The van der Waals surface area contributed by atoms with E-state index in [1.165, 1.54) is 31.4 Å². The van der Waals surface area contributed by atoms with Gasteiger partial charge in [-0.3, -0.25) is 4.79 Å². The normalized spacial score (nSPS) is 17.7. The molecule has 0 aliphatic carbocycles. The Morgan fingerprint density at radius 2 is 1.93 bits per heavy atom. The maximum atomic E-state index is 14.6. The number of carbonyl (C=O) groups is 1. The third-order valence-electron chi connectivity index (χ3n) is 6.65. The van der Waals surface area contributed by atoms with E-state index >= 15 is 0 Å². The highest BCUT2D eigenvalue weighted by Crippen LogP contribution is 2.47. The lowest BCUT2D eigenvalue weighted by atomic mass is 9.89. The number of aliphatic hydroxyl groups is 2. The second-order valence-corrected chi connectivity index (χ2v) is 10.2. The smallest absolute Gasteiger partial charge is 0.424 e. The monoisotopic (exact) mass is 633 g/mol. The number of ether oxygens (including phenoxy) is 3. The largest absolute Gasteiger partial charge is 0.493 e. The number of hydrogen-bond donors (Lipinski definition) is 4. The highest BCUT2D eigenvalue weighted by atomic mass is 35.5. The molecule has 0 fully saturated rings. The summed E-state index contributed by atoms with van der Waals surface area (Å²) in [4.78, 5) is 19.5. The molecular formula is C27H25Cl2F4N3O6. The summed E-state index contributed by atoms with van der Waals surface area (Å²) in [5.41, 5.74) is -5.77. The van der Waals surface area contributed by atoms with Crippen LogP contribution in [0.25, 0.3) is 11.3 Å². The number of rotatable bonds is 10. The Morgan fingerprint density at radius 1 is 1.19 bits per heavy atom. The molecule has 0 saturated carbocycles. The Kier molecular flexibility index (Phi) is 9.09. The molecule has 42 heavy (non-hydrogen) atoms. The van der Waals surface area contributed by atoms with Crippen LogP contribution < -0.4 is 24.4 Å².